The van der Waals surface area contributed by atoms with Crippen LogP contribution >= 0.6 is 11.6 Å². The monoisotopic (exact) mass is 182 g/mol. The van der Waals surface area contributed by atoms with Gasteiger partial charge in [-0.15, -0.1) is 0 Å². The van der Waals surface area contributed by atoms with Crippen molar-refractivity contribution < 1.29 is 0 Å². The van der Waals surface area contributed by atoms with Gasteiger partial charge in [-0.05, 0) is 18.2 Å². The third-order valence-electron chi connectivity index (χ3n) is 1.13. The molecule has 2 N–H and O–H groups in total. The summed E-state index contributed by atoms with van der Waals surface area (Å²) < 4.78 is 0. The van der Waals surface area contributed by atoms with Gasteiger partial charge in [-0.2, -0.15) is 5.26 Å². The minimum absolute atomic E-state index is 0.430. The van der Waals surface area contributed by atoms with Crippen molar-refractivity contribution in [3.63, 3.8) is 0 Å². The fourth-order valence-electron chi connectivity index (χ4n) is 0.597. The molecule has 0 spiro atoms. The van der Waals surface area contributed by atoms with E-state index >= 15 is 0 Å². The lowest BCUT2D eigenvalue weighted by molar-refractivity contribution is 1.48. The summed E-state index contributed by atoms with van der Waals surface area (Å²) in [7, 11) is 0. The van der Waals surface area contributed by atoms with Crippen LogP contribution in [0, 0.1) is 11.3 Å². The highest BCUT2D eigenvalue weighted by Crippen LogP contribution is 2.18. The summed E-state index contributed by atoms with van der Waals surface area (Å²) in [5, 5.41) is 8.83. The Bertz CT molecular complexity index is 289. The van der Waals surface area contributed by atoms with Gasteiger partial charge in [0.25, 0.3) is 0 Å². The van der Waals surface area contributed by atoms with Gasteiger partial charge in [0.15, 0.2) is 0 Å². The summed E-state index contributed by atoms with van der Waals surface area (Å²) in [6, 6.07) is 6.73. The Labute approximate surface area is 77.6 Å². The summed E-state index contributed by atoms with van der Waals surface area (Å²) in [5.41, 5.74) is 6.43. The van der Waals surface area contributed by atoms with Gasteiger partial charge >= 0.3 is 0 Å². The molecule has 0 amide bonds. The van der Waals surface area contributed by atoms with Crippen molar-refractivity contribution in [2.45, 2.75) is 13.8 Å². The molecule has 1 rings (SSSR count). The Morgan fingerprint density at radius 3 is 2.42 bits per heavy atom. The highest BCUT2D eigenvalue weighted by Gasteiger charge is 1.95. The first-order valence-electron chi connectivity index (χ1n) is 3.69. The van der Waals surface area contributed by atoms with Gasteiger partial charge in [0.1, 0.15) is 0 Å². The highest BCUT2D eigenvalue weighted by atomic mass is 35.5. The number of nitrogens with zero attached hydrogens (tertiary/aromatic N) is 1. The van der Waals surface area contributed by atoms with Crippen molar-refractivity contribution in [2.75, 3.05) is 5.73 Å². The smallest absolute Gasteiger partial charge is 0.0992 e. The van der Waals surface area contributed by atoms with Crippen molar-refractivity contribution in [1.82, 2.24) is 0 Å². The number of nitrogen functional groups attached to an aromatic ring is 1. The molecule has 0 bridgehead atoms. The summed E-state index contributed by atoms with van der Waals surface area (Å²) >= 11 is 5.62. The number of nitrogens with two attached hydrogens (primary N) is 1. The van der Waals surface area contributed by atoms with Gasteiger partial charge in [-0.1, -0.05) is 25.4 Å². The lowest BCUT2D eigenvalue weighted by Crippen LogP contribution is -1.85. The average Bonchev–Trinajstić information content (AvgIpc) is 2.13. The van der Waals surface area contributed by atoms with Crippen molar-refractivity contribution in [1.29, 1.82) is 5.26 Å². The summed E-state index contributed by atoms with van der Waals surface area (Å²) in [4.78, 5) is 0. The third kappa shape index (κ3) is 2.81. The van der Waals surface area contributed by atoms with Crippen LogP contribution in [-0.4, -0.2) is 0 Å². The molecule has 0 fully saturated rings. The normalized spacial score (nSPS) is 7.83. The zero-order chi connectivity index (χ0) is 9.56. The molecule has 0 heterocycles. The van der Waals surface area contributed by atoms with Crippen LogP contribution in [0.5, 0.6) is 0 Å². The predicted molar refractivity (Wildman–Crippen MR) is 51.9 cm³/mol. The number of rotatable bonds is 0. The van der Waals surface area contributed by atoms with E-state index < -0.39 is 0 Å². The Balaban J connectivity index is 0.000000561. The molecule has 0 aliphatic heterocycles. The fourth-order valence-corrected chi connectivity index (χ4v) is 0.777. The van der Waals surface area contributed by atoms with Crippen LogP contribution in [0.3, 0.4) is 0 Å². The Kier molecular flexibility index (Phi) is 4.91. The molecule has 1 aromatic carbocycles. The lowest BCUT2D eigenvalue weighted by atomic mass is 10.2. The van der Waals surface area contributed by atoms with Crippen molar-refractivity contribution in [3.05, 3.63) is 28.8 Å². The van der Waals surface area contributed by atoms with Crippen molar-refractivity contribution in [2.24, 2.45) is 0 Å². The van der Waals surface area contributed by atoms with E-state index in [9.17, 15) is 0 Å². The standard InChI is InChI=1S/C7H5ClN2.C2H6/c8-6-3-5(4-9)1-2-7(6)10;1-2/h1-3H,10H2;1-2H3. The molecule has 12 heavy (non-hydrogen) atoms. The first-order valence-corrected chi connectivity index (χ1v) is 4.07. The zero-order valence-corrected chi connectivity index (χ0v) is 7.89. The molecule has 1 aromatic rings. The van der Waals surface area contributed by atoms with E-state index in [-0.39, 0.29) is 0 Å². The first kappa shape index (κ1) is 10.8. The maximum atomic E-state index is 8.40. The Hall–Kier alpha value is -1.20. The van der Waals surface area contributed by atoms with E-state index in [1.807, 2.05) is 19.9 Å². The molecule has 0 saturated carbocycles. The second-order valence-corrected chi connectivity index (χ2v) is 2.26. The molecule has 3 heteroatoms. The largest absolute Gasteiger partial charge is 0.398 e. The molecule has 64 valence electrons. The SMILES string of the molecule is CC.N#Cc1ccc(N)c(Cl)c1. The molecule has 0 radical (unpaired) electrons. The van der Waals surface area contributed by atoms with E-state index in [0.717, 1.165) is 0 Å². The molecule has 2 nitrogen and oxygen atoms in total. The number of halogens is 1. The van der Waals surface area contributed by atoms with Crippen molar-refractivity contribution in [3.8, 4) is 6.07 Å². The van der Waals surface area contributed by atoms with Crippen LogP contribution < -0.4 is 5.73 Å². The molecule has 0 saturated heterocycles. The Morgan fingerprint density at radius 1 is 1.42 bits per heavy atom. The summed E-state index contributed by atoms with van der Waals surface area (Å²) in [5.74, 6) is 0. The quantitative estimate of drug-likeness (QED) is 0.628. The molecular weight excluding hydrogens is 172 g/mol. The number of nitriles is 1. The number of anilines is 1. The molecular formula is C9H11ClN2. The van der Waals surface area contributed by atoms with E-state index in [1.165, 1.54) is 6.07 Å². The van der Waals surface area contributed by atoms with Crippen molar-refractivity contribution >= 4 is 17.3 Å². The van der Waals surface area contributed by atoms with Crippen LogP contribution in [0.25, 0.3) is 0 Å². The van der Waals surface area contributed by atoms with Gasteiger partial charge < -0.3 is 5.73 Å². The topological polar surface area (TPSA) is 49.8 Å². The van der Waals surface area contributed by atoms with Crippen LogP contribution in [0.2, 0.25) is 5.02 Å². The second-order valence-electron chi connectivity index (χ2n) is 1.85. The summed E-state index contributed by atoms with van der Waals surface area (Å²) in [6.07, 6.45) is 0. The van der Waals surface area contributed by atoms with Crippen LogP contribution in [0.15, 0.2) is 18.2 Å². The number of hydrogen-bond donors (Lipinski definition) is 1. The predicted octanol–water partition coefficient (Wildman–Crippen LogP) is 2.82. The fraction of sp³-hybridized carbons (Fsp3) is 0.222. The van der Waals surface area contributed by atoms with Gasteiger partial charge in [0, 0.05) is 0 Å². The van der Waals surface area contributed by atoms with Gasteiger partial charge in [0.2, 0.25) is 0 Å². The van der Waals surface area contributed by atoms with Gasteiger partial charge in [-0.25, -0.2) is 0 Å². The molecule has 0 unspecified atom stereocenters. The summed E-state index contributed by atoms with van der Waals surface area (Å²) in [6.45, 7) is 4.00. The minimum Gasteiger partial charge on any atom is -0.398 e. The lowest BCUT2D eigenvalue weighted by Gasteiger charge is -1.94. The van der Waals surface area contributed by atoms with Crippen LogP contribution in [0.1, 0.15) is 19.4 Å². The third-order valence-corrected chi connectivity index (χ3v) is 1.46. The second kappa shape index (κ2) is 5.45. The minimum atomic E-state index is 0.430. The molecule has 0 atom stereocenters. The average molecular weight is 183 g/mol. The molecule has 0 aromatic heterocycles. The van der Waals surface area contributed by atoms with E-state index in [2.05, 4.69) is 0 Å². The van der Waals surface area contributed by atoms with E-state index in [1.54, 1.807) is 12.1 Å². The van der Waals surface area contributed by atoms with Crippen LogP contribution in [0.4, 0.5) is 5.69 Å². The molecule has 0 aliphatic carbocycles. The van der Waals surface area contributed by atoms with E-state index in [0.29, 0.717) is 16.3 Å². The Morgan fingerprint density at radius 2 is 2.00 bits per heavy atom. The van der Waals surface area contributed by atoms with E-state index in [4.69, 9.17) is 22.6 Å². The zero-order valence-electron chi connectivity index (χ0n) is 7.13. The maximum Gasteiger partial charge on any atom is 0.0992 e. The maximum absolute atomic E-state index is 8.40. The van der Waals surface area contributed by atoms with Gasteiger partial charge in [-0.3, -0.25) is 0 Å². The van der Waals surface area contributed by atoms with Gasteiger partial charge in [0.05, 0.1) is 22.3 Å². The molecule has 0 aliphatic rings. The van der Waals surface area contributed by atoms with Crippen LogP contribution in [-0.2, 0) is 0 Å². The highest BCUT2D eigenvalue weighted by molar-refractivity contribution is 6.33. The number of benzene rings is 1. The number of hydrogen-bond acceptors (Lipinski definition) is 2. The first-order chi connectivity index (χ1) is 5.74.